The lowest BCUT2D eigenvalue weighted by molar-refractivity contribution is -0.167. The number of carbonyl (C=O) groups excluding carboxylic acids is 3. The normalized spacial score (nSPS) is 12.1. The van der Waals surface area contributed by atoms with E-state index in [1.54, 1.807) is 0 Å². The van der Waals surface area contributed by atoms with Gasteiger partial charge in [0.05, 0.1) is 0 Å². The molecule has 0 aliphatic heterocycles. The monoisotopic (exact) mass is 915 g/mol. The van der Waals surface area contributed by atoms with E-state index in [0.717, 1.165) is 70.6 Å². The molecule has 0 fully saturated rings. The standard InChI is InChI=1S/C59H110O6/c1-4-7-10-13-16-19-22-25-27-29-31-34-36-39-42-45-48-51-57(60)63-54-56(65-59(62)53-50-47-44-41-38-33-24-21-18-15-12-9-6-3)55-64-58(61)52-49-46-43-40-37-35-32-30-28-26-23-20-17-14-11-8-5-2/h16,19,25,27,56H,4-15,17-18,20-24,26,28-55H2,1-3H3/b19-16-,27-25-/t56-/m1/s1. The van der Waals surface area contributed by atoms with Gasteiger partial charge in [0.1, 0.15) is 13.2 Å². The minimum absolute atomic E-state index is 0.0681. The maximum absolute atomic E-state index is 12.8. The van der Waals surface area contributed by atoms with Crippen molar-refractivity contribution in [1.82, 2.24) is 0 Å². The summed E-state index contributed by atoms with van der Waals surface area (Å²) in [6.45, 7) is 6.66. The van der Waals surface area contributed by atoms with Gasteiger partial charge in [-0.05, 0) is 51.4 Å². The molecule has 0 aromatic heterocycles. The average Bonchev–Trinajstić information content (AvgIpc) is 3.30. The first-order chi connectivity index (χ1) is 32.0. The molecule has 0 N–H and O–H groups in total. The Morgan fingerprint density at radius 3 is 0.877 bits per heavy atom. The molecule has 0 aromatic carbocycles. The van der Waals surface area contributed by atoms with Gasteiger partial charge >= 0.3 is 17.9 Å². The molecular formula is C59H110O6. The Bertz CT molecular complexity index is 1050. The minimum atomic E-state index is -0.769. The van der Waals surface area contributed by atoms with Gasteiger partial charge in [-0.2, -0.15) is 0 Å². The lowest BCUT2D eigenvalue weighted by Crippen LogP contribution is -2.30. The molecule has 0 heterocycles. The van der Waals surface area contributed by atoms with Crippen LogP contribution in [0.3, 0.4) is 0 Å². The number of rotatable bonds is 53. The molecule has 0 aliphatic carbocycles. The average molecular weight is 916 g/mol. The van der Waals surface area contributed by atoms with Gasteiger partial charge in [-0.15, -0.1) is 0 Å². The molecule has 6 heteroatoms. The van der Waals surface area contributed by atoms with E-state index in [1.165, 1.54) is 205 Å². The van der Waals surface area contributed by atoms with Crippen LogP contribution in [0.4, 0.5) is 0 Å². The summed E-state index contributed by atoms with van der Waals surface area (Å²) < 4.78 is 16.9. The molecule has 0 rings (SSSR count). The number of esters is 3. The molecule has 382 valence electrons. The zero-order valence-electron chi connectivity index (χ0n) is 43.8. The molecule has 0 radical (unpaired) electrons. The Kier molecular flexibility index (Phi) is 52.7. The van der Waals surface area contributed by atoms with E-state index in [9.17, 15) is 14.4 Å². The largest absolute Gasteiger partial charge is 0.462 e. The zero-order chi connectivity index (χ0) is 47.2. The van der Waals surface area contributed by atoms with Gasteiger partial charge in [0.25, 0.3) is 0 Å². The van der Waals surface area contributed by atoms with Gasteiger partial charge in [0.2, 0.25) is 0 Å². The fraction of sp³-hybridized carbons (Fsp3) is 0.881. The molecule has 0 unspecified atom stereocenters. The molecule has 0 aromatic rings. The molecule has 0 bridgehead atoms. The molecule has 0 saturated heterocycles. The van der Waals surface area contributed by atoms with Gasteiger partial charge in [0, 0.05) is 19.3 Å². The Morgan fingerprint density at radius 1 is 0.308 bits per heavy atom. The van der Waals surface area contributed by atoms with Crippen LogP contribution in [0.15, 0.2) is 24.3 Å². The summed E-state index contributed by atoms with van der Waals surface area (Å²) in [5, 5.41) is 0. The number of ether oxygens (including phenoxy) is 3. The van der Waals surface area contributed by atoms with E-state index in [0.29, 0.717) is 19.3 Å². The fourth-order valence-corrected chi connectivity index (χ4v) is 8.59. The quantitative estimate of drug-likeness (QED) is 0.0262. The second kappa shape index (κ2) is 54.5. The van der Waals surface area contributed by atoms with E-state index in [1.807, 2.05) is 0 Å². The van der Waals surface area contributed by atoms with E-state index in [2.05, 4.69) is 45.1 Å². The van der Waals surface area contributed by atoms with Crippen LogP contribution in [-0.4, -0.2) is 37.2 Å². The van der Waals surface area contributed by atoms with Gasteiger partial charge in [-0.25, -0.2) is 0 Å². The topological polar surface area (TPSA) is 78.9 Å². The van der Waals surface area contributed by atoms with Crippen LogP contribution >= 0.6 is 0 Å². The van der Waals surface area contributed by atoms with Crippen LogP contribution < -0.4 is 0 Å². The van der Waals surface area contributed by atoms with Crippen molar-refractivity contribution in [2.24, 2.45) is 0 Å². The molecule has 65 heavy (non-hydrogen) atoms. The van der Waals surface area contributed by atoms with Gasteiger partial charge < -0.3 is 14.2 Å². The van der Waals surface area contributed by atoms with E-state index in [-0.39, 0.29) is 31.1 Å². The van der Waals surface area contributed by atoms with Gasteiger partial charge in [0.15, 0.2) is 6.10 Å². The third-order valence-electron chi connectivity index (χ3n) is 13.0. The first kappa shape index (κ1) is 62.9. The summed E-state index contributed by atoms with van der Waals surface area (Å²) >= 11 is 0. The van der Waals surface area contributed by atoms with E-state index in [4.69, 9.17) is 14.2 Å². The summed E-state index contributed by atoms with van der Waals surface area (Å²) in [6.07, 6.45) is 63.0. The van der Waals surface area contributed by atoms with Crippen LogP contribution in [0.2, 0.25) is 0 Å². The SMILES string of the molecule is CCCCC/C=C\C/C=C\CCCCCCCCCC(=O)OC[C@H](COC(=O)CCCCCCCCCCCCCCCCCCC)OC(=O)CCCCCCCCCCCCCCC. The fourth-order valence-electron chi connectivity index (χ4n) is 8.59. The number of allylic oxidation sites excluding steroid dienone is 4. The lowest BCUT2D eigenvalue weighted by atomic mass is 10.0. The Balaban J connectivity index is 4.31. The summed E-state index contributed by atoms with van der Waals surface area (Å²) in [5.41, 5.74) is 0. The highest BCUT2D eigenvalue weighted by molar-refractivity contribution is 5.71. The summed E-state index contributed by atoms with van der Waals surface area (Å²) in [5.74, 6) is -0.855. The van der Waals surface area contributed by atoms with Crippen molar-refractivity contribution < 1.29 is 28.6 Å². The molecule has 0 saturated carbocycles. The third kappa shape index (κ3) is 52.7. The van der Waals surface area contributed by atoms with Gasteiger partial charge in [-0.1, -0.05) is 270 Å². The summed E-state index contributed by atoms with van der Waals surface area (Å²) in [6, 6.07) is 0. The Labute approximate surface area is 404 Å². The maximum Gasteiger partial charge on any atom is 0.306 e. The molecular weight excluding hydrogens is 805 g/mol. The molecule has 0 aliphatic rings. The van der Waals surface area contributed by atoms with Crippen LogP contribution in [0.1, 0.15) is 316 Å². The van der Waals surface area contributed by atoms with Crippen LogP contribution in [0.25, 0.3) is 0 Å². The molecule has 0 spiro atoms. The van der Waals surface area contributed by atoms with Crippen molar-refractivity contribution in [1.29, 1.82) is 0 Å². The van der Waals surface area contributed by atoms with Crippen molar-refractivity contribution in [3.63, 3.8) is 0 Å². The Morgan fingerprint density at radius 2 is 0.554 bits per heavy atom. The highest BCUT2D eigenvalue weighted by Crippen LogP contribution is 2.17. The summed E-state index contributed by atoms with van der Waals surface area (Å²) in [7, 11) is 0. The predicted molar refractivity (Wildman–Crippen MR) is 279 cm³/mol. The molecule has 6 nitrogen and oxygen atoms in total. The van der Waals surface area contributed by atoms with Gasteiger partial charge in [-0.3, -0.25) is 14.4 Å². The van der Waals surface area contributed by atoms with Crippen LogP contribution in [0, 0.1) is 0 Å². The number of hydrogen-bond acceptors (Lipinski definition) is 6. The smallest absolute Gasteiger partial charge is 0.306 e. The Hall–Kier alpha value is -2.11. The molecule has 1 atom stereocenters. The first-order valence-electron chi connectivity index (χ1n) is 28.8. The minimum Gasteiger partial charge on any atom is -0.462 e. The van der Waals surface area contributed by atoms with Crippen molar-refractivity contribution in [3.05, 3.63) is 24.3 Å². The van der Waals surface area contributed by atoms with Crippen molar-refractivity contribution in [2.75, 3.05) is 13.2 Å². The van der Waals surface area contributed by atoms with Crippen molar-refractivity contribution in [2.45, 2.75) is 322 Å². The van der Waals surface area contributed by atoms with Crippen LogP contribution in [-0.2, 0) is 28.6 Å². The summed E-state index contributed by atoms with van der Waals surface area (Å²) in [4.78, 5) is 38.1. The number of carbonyl (C=O) groups is 3. The third-order valence-corrected chi connectivity index (χ3v) is 13.0. The predicted octanol–water partition coefficient (Wildman–Crippen LogP) is 19.1. The van der Waals surface area contributed by atoms with E-state index >= 15 is 0 Å². The number of hydrogen-bond donors (Lipinski definition) is 0. The maximum atomic E-state index is 12.8. The zero-order valence-corrected chi connectivity index (χ0v) is 43.8. The second-order valence-electron chi connectivity index (χ2n) is 19.6. The van der Waals surface area contributed by atoms with E-state index < -0.39 is 6.10 Å². The van der Waals surface area contributed by atoms with Crippen molar-refractivity contribution in [3.8, 4) is 0 Å². The first-order valence-corrected chi connectivity index (χ1v) is 28.8. The van der Waals surface area contributed by atoms with Crippen molar-refractivity contribution >= 4 is 17.9 Å². The highest BCUT2D eigenvalue weighted by atomic mass is 16.6. The second-order valence-corrected chi connectivity index (χ2v) is 19.6. The lowest BCUT2D eigenvalue weighted by Gasteiger charge is -2.18. The molecule has 0 amide bonds. The van der Waals surface area contributed by atoms with Crippen LogP contribution in [0.5, 0.6) is 0 Å². The number of unbranched alkanes of at least 4 members (excludes halogenated alkanes) is 38. The highest BCUT2D eigenvalue weighted by Gasteiger charge is 2.19.